The number of benzene rings is 2. The van der Waals surface area contributed by atoms with Crippen molar-refractivity contribution in [2.24, 2.45) is 5.92 Å². The van der Waals surface area contributed by atoms with Crippen molar-refractivity contribution in [3.05, 3.63) is 58.6 Å². The summed E-state index contributed by atoms with van der Waals surface area (Å²) in [5.74, 6) is 0.962. The van der Waals surface area contributed by atoms with Gasteiger partial charge in [0.15, 0.2) is 11.5 Å². The highest BCUT2D eigenvalue weighted by Crippen LogP contribution is 2.30. The van der Waals surface area contributed by atoms with Gasteiger partial charge in [0.2, 0.25) is 5.91 Å². The fourth-order valence-corrected chi connectivity index (χ4v) is 2.96. The Kier molecular flexibility index (Phi) is 8.54. The van der Waals surface area contributed by atoms with Crippen molar-refractivity contribution < 1.29 is 19.1 Å². The molecule has 7 heteroatoms. The van der Waals surface area contributed by atoms with Gasteiger partial charge in [-0.05, 0) is 49.6 Å². The Morgan fingerprint density at radius 3 is 2.33 bits per heavy atom. The molecule has 2 N–H and O–H groups in total. The van der Waals surface area contributed by atoms with Gasteiger partial charge in [-0.2, -0.15) is 0 Å². The smallest absolute Gasteiger partial charge is 0.253 e. The SMILES string of the molecule is COc1cc(C(C)NC(=O)C(C)NC(=O)c2ccccc2Cl)ccc1OCC(C)C. The molecule has 0 fully saturated rings. The molecule has 0 heterocycles. The fourth-order valence-electron chi connectivity index (χ4n) is 2.74. The van der Waals surface area contributed by atoms with Crippen LogP contribution in [0.25, 0.3) is 0 Å². The molecule has 2 amide bonds. The van der Waals surface area contributed by atoms with Crippen LogP contribution in [0.1, 0.15) is 49.7 Å². The quantitative estimate of drug-likeness (QED) is 0.616. The number of ether oxygens (including phenoxy) is 2. The molecule has 6 nitrogen and oxygen atoms in total. The van der Waals surface area contributed by atoms with E-state index in [0.717, 1.165) is 5.56 Å². The first-order valence-electron chi connectivity index (χ1n) is 9.89. The molecule has 0 aromatic heterocycles. The standard InChI is InChI=1S/C23H29ClN2O4/c1-14(2)13-30-20-11-10-17(12-21(20)29-5)15(3)25-22(27)16(4)26-23(28)18-8-6-7-9-19(18)24/h6-12,14-16H,13H2,1-5H3,(H,25,27)(H,26,28). The van der Waals surface area contributed by atoms with Gasteiger partial charge in [-0.25, -0.2) is 0 Å². The first-order chi connectivity index (χ1) is 14.2. The van der Waals surface area contributed by atoms with E-state index in [9.17, 15) is 9.59 Å². The molecule has 2 unspecified atom stereocenters. The highest BCUT2D eigenvalue weighted by molar-refractivity contribution is 6.33. The van der Waals surface area contributed by atoms with Gasteiger partial charge in [0.1, 0.15) is 6.04 Å². The van der Waals surface area contributed by atoms with Crippen LogP contribution >= 0.6 is 11.6 Å². The van der Waals surface area contributed by atoms with Crippen molar-refractivity contribution in [2.75, 3.05) is 13.7 Å². The Bertz CT molecular complexity index is 885. The third-order valence-electron chi connectivity index (χ3n) is 4.48. The van der Waals surface area contributed by atoms with Crippen LogP contribution in [0.2, 0.25) is 5.02 Å². The van der Waals surface area contributed by atoms with Gasteiger partial charge >= 0.3 is 0 Å². The highest BCUT2D eigenvalue weighted by atomic mass is 35.5. The molecule has 0 spiro atoms. The number of methoxy groups -OCH3 is 1. The second-order valence-electron chi connectivity index (χ2n) is 7.52. The summed E-state index contributed by atoms with van der Waals surface area (Å²) in [4.78, 5) is 24.9. The second-order valence-corrected chi connectivity index (χ2v) is 7.93. The minimum absolute atomic E-state index is 0.287. The molecular weight excluding hydrogens is 404 g/mol. The molecule has 0 aliphatic heterocycles. The monoisotopic (exact) mass is 432 g/mol. The molecule has 0 saturated carbocycles. The van der Waals surface area contributed by atoms with Crippen LogP contribution in [-0.4, -0.2) is 31.6 Å². The molecule has 0 radical (unpaired) electrons. The maximum absolute atomic E-state index is 12.6. The lowest BCUT2D eigenvalue weighted by Crippen LogP contribution is -2.45. The number of carbonyl (C=O) groups excluding carboxylic acids is 2. The summed E-state index contributed by atoms with van der Waals surface area (Å²) in [7, 11) is 1.58. The zero-order valence-corrected chi connectivity index (χ0v) is 18.7. The Morgan fingerprint density at radius 2 is 1.70 bits per heavy atom. The molecule has 0 aliphatic rings. The number of amides is 2. The van der Waals surface area contributed by atoms with Crippen molar-refractivity contribution in [3.63, 3.8) is 0 Å². The van der Waals surface area contributed by atoms with Gasteiger partial charge in [-0.15, -0.1) is 0 Å². The fraction of sp³-hybridized carbons (Fsp3) is 0.391. The average Bonchev–Trinajstić information content (AvgIpc) is 2.72. The van der Waals surface area contributed by atoms with Crippen LogP contribution in [-0.2, 0) is 4.79 Å². The zero-order chi connectivity index (χ0) is 22.3. The zero-order valence-electron chi connectivity index (χ0n) is 18.0. The van der Waals surface area contributed by atoms with Gasteiger partial charge in [-0.3, -0.25) is 9.59 Å². The number of rotatable bonds is 9. The third kappa shape index (κ3) is 6.39. The Balaban J connectivity index is 2.00. The number of nitrogens with one attached hydrogen (secondary N) is 2. The average molecular weight is 433 g/mol. The second kappa shape index (κ2) is 10.9. The van der Waals surface area contributed by atoms with Crippen LogP contribution in [0.4, 0.5) is 0 Å². The van der Waals surface area contributed by atoms with Crippen molar-refractivity contribution in [1.82, 2.24) is 10.6 Å². The minimum atomic E-state index is -0.730. The van der Waals surface area contributed by atoms with Crippen molar-refractivity contribution in [2.45, 2.75) is 39.8 Å². The van der Waals surface area contributed by atoms with Crippen LogP contribution in [0, 0.1) is 5.92 Å². The number of hydrogen-bond donors (Lipinski definition) is 2. The van der Waals surface area contributed by atoms with Crippen LogP contribution in [0.5, 0.6) is 11.5 Å². The molecule has 0 saturated heterocycles. The summed E-state index contributed by atoms with van der Waals surface area (Å²) < 4.78 is 11.2. The molecule has 2 rings (SSSR count). The number of halogens is 1. The predicted octanol–water partition coefficient (Wildman–Crippen LogP) is 4.38. The third-order valence-corrected chi connectivity index (χ3v) is 4.81. The van der Waals surface area contributed by atoms with Crippen molar-refractivity contribution >= 4 is 23.4 Å². The van der Waals surface area contributed by atoms with Gasteiger partial charge < -0.3 is 20.1 Å². The lowest BCUT2D eigenvalue weighted by Gasteiger charge is -2.20. The minimum Gasteiger partial charge on any atom is -0.493 e. The normalized spacial score (nSPS) is 12.8. The van der Waals surface area contributed by atoms with E-state index in [2.05, 4.69) is 24.5 Å². The first kappa shape index (κ1) is 23.5. The molecule has 2 aromatic carbocycles. The predicted molar refractivity (Wildman–Crippen MR) is 118 cm³/mol. The van der Waals surface area contributed by atoms with E-state index in [-0.39, 0.29) is 11.9 Å². The van der Waals surface area contributed by atoms with Gasteiger partial charge in [-0.1, -0.05) is 43.6 Å². The first-order valence-corrected chi connectivity index (χ1v) is 10.3. The van der Waals surface area contributed by atoms with E-state index in [1.54, 1.807) is 38.3 Å². The maximum atomic E-state index is 12.6. The van der Waals surface area contributed by atoms with E-state index in [1.165, 1.54) is 0 Å². The van der Waals surface area contributed by atoms with Crippen LogP contribution in [0.3, 0.4) is 0 Å². The summed E-state index contributed by atoms with van der Waals surface area (Å²) in [6.45, 7) is 8.23. The maximum Gasteiger partial charge on any atom is 0.253 e. The van der Waals surface area contributed by atoms with E-state index >= 15 is 0 Å². The topological polar surface area (TPSA) is 76.7 Å². The van der Waals surface area contributed by atoms with Gasteiger partial charge in [0.25, 0.3) is 5.91 Å². The van der Waals surface area contributed by atoms with Crippen molar-refractivity contribution in [3.8, 4) is 11.5 Å². The van der Waals surface area contributed by atoms with E-state index in [0.29, 0.717) is 34.6 Å². The van der Waals surface area contributed by atoms with Gasteiger partial charge in [0, 0.05) is 0 Å². The molecule has 162 valence electrons. The highest BCUT2D eigenvalue weighted by Gasteiger charge is 2.20. The van der Waals surface area contributed by atoms with Crippen LogP contribution in [0.15, 0.2) is 42.5 Å². The molecule has 2 atom stereocenters. The lowest BCUT2D eigenvalue weighted by molar-refractivity contribution is -0.123. The molecule has 2 aromatic rings. The largest absolute Gasteiger partial charge is 0.493 e. The summed E-state index contributed by atoms with van der Waals surface area (Å²) in [6, 6.07) is 11.2. The van der Waals surface area contributed by atoms with Gasteiger partial charge in [0.05, 0.1) is 30.3 Å². The number of hydrogen-bond acceptors (Lipinski definition) is 4. The Hall–Kier alpha value is -2.73. The summed E-state index contributed by atoms with van der Waals surface area (Å²) in [5, 5.41) is 5.91. The van der Waals surface area contributed by atoms with Crippen molar-refractivity contribution in [1.29, 1.82) is 0 Å². The van der Waals surface area contributed by atoms with E-state index < -0.39 is 11.9 Å². The molecule has 0 bridgehead atoms. The van der Waals surface area contributed by atoms with Crippen LogP contribution < -0.4 is 20.1 Å². The summed E-state index contributed by atoms with van der Waals surface area (Å²) in [6.07, 6.45) is 0. The summed E-state index contributed by atoms with van der Waals surface area (Å²) in [5.41, 5.74) is 1.19. The summed E-state index contributed by atoms with van der Waals surface area (Å²) >= 11 is 6.04. The number of carbonyl (C=O) groups is 2. The van der Waals surface area contributed by atoms with E-state index in [1.807, 2.05) is 25.1 Å². The van der Waals surface area contributed by atoms with E-state index in [4.69, 9.17) is 21.1 Å². The molecule has 30 heavy (non-hydrogen) atoms. The molecule has 0 aliphatic carbocycles. The lowest BCUT2D eigenvalue weighted by atomic mass is 10.1. The molecular formula is C23H29ClN2O4. The Morgan fingerprint density at radius 1 is 1.00 bits per heavy atom. The Labute approximate surface area is 182 Å².